The second kappa shape index (κ2) is 10.2. The molecule has 12 heavy (non-hydrogen) atoms. The van der Waals surface area contributed by atoms with Gasteiger partial charge in [0.1, 0.15) is 0 Å². The summed E-state index contributed by atoms with van der Waals surface area (Å²) >= 11 is 0. The molecule has 0 heteroatoms. The zero-order valence-electron chi connectivity index (χ0n) is 9.31. The van der Waals surface area contributed by atoms with Gasteiger partial charge in [0.05, 0.1) is 0 Å². The van der Waals surface area contributed by atoms with E-state index in [0.29, 0.717) is 0 Å². The molecule has 0 N–H and O–H groups in total. The molecule has 70 valence electrons. The third-order valence-corrected chi connectivity index (χ3v) is 1.24. The molecule has 0 heterocycles. The van der Waals surface area contributed by atoms with Crippen LogP contribution in [-0.4, -0.2) is 0 Å². The molecule has 0 aromatic heterocycles. The van der Waals surface area contributed by atoms with Crippen LogP contribution in [0.2, 0.25) is 0 Å². The van der Waals surface area contributed by atoms with E-state index >= 15 is 0 Å². The van der Waals surface area contributed by atoms with Crippen molar-refractivity contribution >= 4 is 0 Å². The van der Waals surface area contributed by atoms with Crippen molar-refractivity contribution < 1.29 is 0 Å². The average Bonchev–Trinajstić information content (AvgIpc) is 2.64. The summed E-state index contributed by atoms with van der Waals surface area (Å²) in [4.78, 5) is 0. The average molecular weight is 166 g/mol. The van der Waals surface area contributed by atoms with Crippen molar-refractivity contribution in [1.29, 1.82) is 0 Å². The molecule has 0 nitrogen and oxygen atoms in total. The van der Waals surface area contributed by atoms with Gasteiger partial charge in [0.25, 0.3) is 0 Å². The maximum Gasteiger partial charge on any atom is -0.0270 e. The second-order valence-corrected chi connectivity index (χ2v) is 2.17. The van der Waals surface area contributed by atoms with Crippen molar-refractivity contribution in [3.63, 3.8) is 0 Å². The summed E-state index contributed by atoms with van der Waals surface area (Å²) in [6.45, 7) is 12.2. The van der Waals surface area contributed by atoms with Crippen LogP contribution < -0.4 is 0 Å². The van der Waals surface area contributed by atoms with Crippen molar-refractivity contribution in [3.8, 4) is 0 Å². The van der Waals surface area contributed by atoms with Crippen LogP contribution in [0.25, 0.3) is 0 Å². The smallest absolute Gasteiger partial charge is 0.0270 e. The van der Waals surface area contributed by atoms with E-state index < -0.39 is 0 Å². The van der Waals surface area contributed by atoms with Gasteiger partial charge >= 0.3 is 0 Å². The molecular formula is C12H22. The summed E-state index contributed by atoms with van der Waals surface area (Å²) in [5.74, 6) is 0. The Kier molecular flexibility index (Phi) is 11.7. The van der Waals surface area contributed by atoms with Crippen LogP contribution in [0.4, 0.5) is 0 Å². The zero-order valence-corrected chi connectivity index (χ0v) is 9.31. The van der Waals surface area contributed by atoms with Gasteiger partial charge in [-0.2, -0.15) is 0 Å². The predicted octanol–water partition coefficient (Wildman–Crippen LogP) is 4.50. The Labute approximate surface area is 77.7 Å². The topological polar surface area (TPSA) is 0 Å². The number of hydrogen-bond donors (Lipinski definition) is 0. The van der Waals surface area contributed by atoms with E-state index in [1.807, 2.05) is 27.7 Å². The van der Waals surface area contributed by atoms with Gasteiger partial charge in [-0.05, 0) is 19.4 Å². The fraction of sp³-hybridized carbons (Fsp3) is 0.500. The van der Waals surface area contributed by atoms with Crippen LogP contribution in [0.3, 0.4) is 0 Å². The molecule has 1 aliphatic rings. The number of allylic oxidation sites excluding steroid dienone is 6. The van der Waals surface area contributed by atoms with E-state index in [0.717, 1.165) is 0 Å². The SMILES string of the molecule is CC.CC.CC(C)=C1C=CC=C1. The van der Waals surface area contributed by atoms with Crippen molar-refractivity contribution in [2.45, 2.75) is 41.5 Å². The first-order valence-electron chi connectivity index (χ1n) is 4.83. The van der Waals surface area contributed by atoms with E-state index in [4.69, 9.17) is 0 Å². The highest BCUT2D eigenvalue weighted by atomic mass is 14.0. The lowest BCUT2D eigenvalue weighted by Gasteiger charge is -1.90. The molecule has 0 radical (unpaired) electrons. The van der Waals surface area contributed by atoms with Gasteiger partial charge in [-0.15, -0.1) is 0 Å². The quantitative estimate of drug-likeness (QED) is 0.497. The van der Waals surface area contributed by atoms with Gasteiger partial charge in [-0.3, -0.25) is 0 Å². The molecule has 0 saturated carbocycles. The van der Waals surface area contributed by atoms with Crippen molar-refractivity contribution in [2.75, 3.05) is 0 Å². The maximum atomic E-state index is 2.12. The van der Waals surface area contributed by atoms with E-state index in [2.05, 4.69) is 38.2 Å². The first kappa shape index (κ1) is 13.8. The summed E-state index contributed by atoms with van der Waals surface area (Å²) in [7, 11) is 0. The summed E-state index contributed by atoms with van der Waals surface area (Å²) in [5, 5.41) is 0. The molecule has 0 saturated heterocycles. The lowest BCUT2D eigenvalue weighted by Crippen LogP contribution is -1.69. The van der Waals surface area contributed by atoms with Gasteiger partial charge in [-0.1, -0.05) is 57.6 Å². The normalized spacial score (nSPS) is 11.3. The number of hydrogen-bond acceptors (Lipinski definition) is 0. The maximum absolute atomic E-state index is 2.12. The lowest BCUT2D eigenvalue weighted by molar-refractivity contribution is 1.35. The molecule has 0 bridgehead atoms. The highest BCUT2D eigenvalue weighted by Crippen LogP contribution is 2.11. The van der Waals surface area contributed by atoms with E-state index in [1.165, 1.54) is 11.1 Å². The minimum absolute atomic E-state index is 1.35. The Morgan fingerprint density at radius 1 is 0.833 bits per heavy atom. The monoisotopic (exact) mass is 166 g/mol. The fourth-order valence-corrected chi connectivity index (χ4v) is 0.707. The van der Waals surface area contributed by atoms with Crippen molar-refractivity contribution in [3.05, 3.63) is 35.5 Å². The molecular weight excluding hydrogens is 144 g/mol. The molecule has 0 atom stereocenters. The number of rotatable bonds is 0. The molecule has 0 amide bonds. The summed E-state index contributed by atoms with van der Waals surface area (Å²) < 4.78 is 0. The van der Waals surface area contributed by atoms with Crippen molar-refractivity contribution in [2.24, 2.45) is 0 Å². The molecule has 0 aromatic carbocycles. The van der Waals surface area contributed by atoms with Crippen molar-refractivity contribution in [1.82, 2.24) is 0 Å². The molecule has 0 unspecified atom stereocenters. The Hall–Kier alpha value is -0.780. The van der Waals surface area contributed by atoms with Gasteiger partial charge < -0.3 is 0 Å². The molecule has 0 aromatic rings. The molecule has 0 spiro atoms. The van der Waals surface area contributed by atoms with E-state index in [1.54, 1.807) is 0 Å². The third-order valence-electron chi connectivity index (χ3n) is 1.24. The minimum Gasteiger partial charge on any atom is -0.0692 e. The van der Waals surface area contributed by atoms with Crippen LogP contribution in [0.15, 0.2) is 35.5 Å². The summed E-state index contributed by atoms with van der Waals surface area (Å²) in [6.07, 6.45) is 8.36. The summed E-state index contributed by atoms with van der Waals surface area (Å²) in [5.41, 5.74) is 2.74. The Bertz CT molecular complexity index is 150. The largest absolute Gasteiger partial charge is 0.0692 e. The Balaban J connectivity index is 0. The minimum atomic E-state index is 1.35. The van der Waals surface area contributed by atoms with Gasteiger partial charge in [0, 0.05) is 0 Å². The van der Waals surface area contributed by atoms with Crippen LogP contribution >= 0.6 is 0 Å². The molecule has 0 aliphatic heterocycles. The lowest BCUT2D eigenvalue weighted by atomic mass is 10.2. The molecule has 1 rings (SSSR count). The summed E-state index contributed by atoms with van der Waals surface area (Å²) in [6, 6.07) is 0. The van der Waals surface area contributed by atoms with Crippen LogP contribution in [0.5, 0.6) is 0 Å². The Morgan fingerprint density at radius 2 is 1.17 bits per heavy atom. The van der Waals surface area contributed by atoms with Gasteiger partial charge in [0.15, 0.2) is 0 Å². The first-order chi connectivity index (χ1) is 5.80. The highest BCUT2D eigenvalue weighted by molar-refractivity contribution is 5.42. The fourth-order valence-electron chi connectivity index (χ4n) is 0.707. The van der Waals surface area contributed by atoms with Crippen LogP contribution in [-0.2, 0) is 0 Å². The van der Waals surface area contributed by atoms with E-state index in [9.17, 15) is 0 Å². The highest BCUT2D eigenvalue weighted by Gasteiger charge is 1.90. The third kappa shape index (κ3) is 5.96. The van der Waals surface area contributed by atoms with Gasteiger partial charge in [0.2, 0.25) is 0 Å². The second-order valence-electron chi connectivity index (χ2n) is 2.17. The predicted molar refractivity (Wildman–Crippen MR) is 59.4 cm³/mol. The standard InChI is InChI=1S/C8H10.2C2H6/c1-7(2)8-5-3-4-6-8;2*1-2/h3-6H,1-2H3;2*1-2H3. The molecule has 1 aliphatic carbocycles. The first-order valence-corrected chi connectivity index (χ1v) is 4.83. The van der Waals surface area contributed by atoms with Crippen LogP contribution in [0, 0.1) is 0 Å². The van der Waals surface area contributed by atoms with E-state index in [-0.39, 0.29) is 0 Å². The zero-order chi connectivity index (χ0) is 9.98. The van der Waals surface area contributed by atoms with Crippen LogP contribution in [0.1, 0.15) is 41.5 Å². The Morgan fingerprint density at radius 3 is 1.33 bits per heavy atom. The molecule has 0 fully saturated rings. The van der Waals surface area contributed by atoms with Gasteiger partial charge in [-0.25, -0.2) is 0 Å².